The minimum Gasteiger partial charge on any atom is -0.450 e. The quantitative estimate of drug-likeness (QED) is 0.735. The lowest BCUT2D eigenvalue weighted by molar-refractivity contribution is 0.150. The number of amides is 1. The van der Waals surface area contributed by atoms with Gasteiger partial charge < -0.3 is 4.74 Å². The molecular formula is C11H17NO2. The summed E-state index contributed by atoms with van der Waals surface area (Å²) in [6.07, 6.45) is 7.03. The fourth-order valence-electron chi connectivity index (χ4n) is 2.40. The number of carbonyl (C=O) groups excluding carboxylic acids is 1. The van der Waals surface area contributed by atoms with E-state index in [1.165, 1.54) is 25.7 Å². The van der Waals surface area contributed by atoms with Crippen LogP contribution >= 0.6 is 0 Å². The molecule has 0 aromatic heterocycles. The van der Waals surface area contributed by atoms with Crippen molar-refractivity contribution in [2.24, 2.45) is 11.8 Å². The first-order valence-corrected chi connectivity index (χ1v) is 5.46. The molecule has 0 heterocycles. The van der Waals surface area contributed by atoms with E-state index in [0.29, 0.717) is 12.5 Å². The van der Waals surface area contributed by atoms with Crippen molar-refractivity contribution in [1.29, 1.82) is 0 Å². The van der Waals surface area contributed by atoms with Gasteiger partial charge in [-0.3, -0.25) is 5.32 Å². The third kappa shape index (κ3) is 1.76. The minimum absolute atomic E-state index is 0.303. The van der Waals surface area contributed by atoms with Crippen LogP contribution in [0, 0.1) is 11.8 Å². The molecule has 0 unspecified atom stereocenters. The van der Waals surface area contributed by atoms with E-state index in [2.05, 4.69) is 11.4 Å². The largest absolute Gasteiger partial charge is 0.450 e. The van der Waals surface area contributed by atoms with Gasteiger partial charge in [-0.1, -0.05) is 18.9 Å². The zero-order valence-corrected chi connectivity index (χ0v) is 8.58. The summed E-state index contributed by atoms with van der Waals surface area (Å²) in [5.41, 5.74) is 1.09. The van der Waals surface area contributed by atoms with Crippen LogP contribution in [0.2, 0.25) is 0 Å². The molecule has 0 aromatic rings. The van der Waals surface area contributed by atoms with E-state index < -0.39 is 0 Å². The first-order chi connectivity index (χ1) is 6.81. The molecule has 2 aliphatic carbocycles. The lowest BCUT2D eigenvalue weighted by Gasteiger charge is -2.39. The van der Waals surface area contributed by atoms with Crippen molar-refractivity contribution in [2.75, 3.05) is 6.61 Å². The second-order valence-electron chi connectivity index (χ2n) is 4.02. The van der Waals surface area contributed by atoms with Crippen LogP contribution in [-0.4, -0.2) is 12.7 Å². The van der Waals surface area contributed by atoms with Gasteiger partial charge in [0.15, 0.2) is 0 Å². The Balaban J connectivity index is 1.85. The third-order valence-corrected chi connectivity index (χ3v) is 3.13. The maximum atomic E-state index is 11.1. The number of nitrogens with one attached hydrogen (secondary N) is 1. The highest BCUT2D eigenvalue weighted by Gasteiger charge is 2.35. The zero-order valence-electron chi connectivity index (χ0n) is 8.58. The third-order valence-electron chi connectivity index (χ3n) is 3.13. The molecule has 1 fully saturated rings. The molecule has 2 aliphatic rings. The van der Waals surface area contributed by atoms with Crippen molar-refractivity contribution in [3.8, 4) is 0 Å². The smallest absolute Gasteiger partial charge is 0.411 e. The van der Waals surface area contributed by atoms with E-state index in [0.717, 1.165) is 11.6 Å². The Kier molecular flexibility index (Phi) is 2.75. The molecule has 0 saturated heterocycles. The van der Waals surface area contributed by atoms with E-state index in [4.69, 9.17) is 4.74 Å². The normalized spacial score (nSPS) is 29.6. The number of ether oxygens (including phenoxy) is 1. The van der Waals surface area contributed by atoms with E-state index in [-0.39, 0.29) is 6.09 Å². The van der Waals surface area contributed by atoms with Gasteiger partial charge in [-0.05, 0) is 25.7 Å². The number of hydrogen-bond acceptors (Lipinski definition) is 2. The van der Waals surface area contributed by atoms with Gasteiger partial charge >= 0.3 is 6.09 Å². The average molecular weight is 195 g/mol. The van der Waals surface area contributed by atoms with Crippen LogP contribution in [0.25, 0.3) is 0 Å². The highest BCUT2D eigenvalue weighted by Crippen LogP contribution is 2.42. The van der Waals surface area contributed by atoms with Gasteiger partial charge in [0.2, 0.25) is 0 Å². The molecule has 0 bridgehead atoms. The van der Waals surface area contributed by atoms with E-state index in [1.54, 1.807) is 0 Å². The van der Waals surface area contributed by atoms with Crippen molar-refractivity contribution in [2.45, 2.75) is 32.6 Å². The highest BCUT2D eigenvalue weighted by molar-refractivity contribution is 5.70. The summed E-state index contributed by atoms with van der Waals surface area (Å²) in [6.45, 7) is 2.26. The Labute approximate surface area is 84.5 Å². The molecule has 1 amide bonds. The van der Waals surface area contributed by atoms with Crippen LogP contribution in [0.1, 0.15) is 32.6 Å². The van der Waals surface area contributed by atoms with Gasteiger partial charge in [-0.15, -0.1) is 0 Å². The predicted octanol–water partition coefficient (Wildman–Crippen LogP) is 2.44. The molecule has 0 aliphatic heterocycles. The summed E-state index contributed by atoms with van der Waals surface area (Å²) in [5.74, 6) is 1.33. The van der Waals surface area contributed by atoms with Gasteiger partial charge in [-0.2, -0.15) is 0 Å². The Hall–Kier alpha value is -0.990. The van der Waals surface area contributed by atoms with Crippen molar-refractivity contribution in [3.63, 3.8) is 0 Å². The summed E-state index contributed by atoms with van der Waals surface area (Å²) in [6, 6.07) is 0. The SMILES string of the molecule is CCOC(=O)NC1=C[C@@H]2CCCC[C@H]12. The summed E-state index contributed by atoms with van der Waals surface area (Å²) in [4.78, 5) is 11.1. The fraction of sp³-hybridized carbons (Fsp3) is 0.727. The zero-order chi connectivity index (χ0) is 9.97. The molecule has 78 valence electrons. The summed E-state index contributed by atoms with van der Waals surface area (Å²) < 4.78 is 4.84. The van der Waals surface area contributed by atoms with Gasteiger partial charge in [0.25, 0.3) is 0 Å². The van der Waals surface area contributed by atoms with E-state index in [1.807, 2.05) is 6.92 Å². The molecule has 2 rings (SSSR count). The van der Waals surface area contributed by atoms with Gasteiger partial charge in [0, 0.05) is 11.6 Å². The lowest BCUT2D eigenvalue weighted by Crippen LogP contribution is -2.38. The molecule has 3 nitrogen and oxygen atoms in total. The van der Waals surface area contributed by atoms with Gasteiger partial charge in [-0.25, -0.2) is 4.79 Å². The Morgan fingerprint density at radius 1 is 1.57 bits per heavy atom. The van der Waals surface area contributed by atoms with Crippen LogP contribution in [0.4, 0.5) is 4.79 Å². The molecule has 3 heteroatoms. The molecule has 0 spiro atoms. The standard InChI is InChI=1S/C11H17NO2/c1-2-14-11(13)12-10-7-8-5-3-4-6-9(8)10/h7-9H,2-6H2,1H3,(H,12,13)/t8-,9-/m0/s1. The van der Waals surface area contributed by atoms with Crippen LogP contribution in [0.5, 0.6) is 0 Å². The summed E-state index contributed by atoms with van der Waals surface area (Å²) in [5, 5.41) is 2.82. The second-order valence-corrected chi connectivity index (χ2v) is 4.02. The Morgan fingerprint density at radius 2 is 2.36 bits per heavy atom. The van der Waals surface area contributed by atoms with Crippen molar-refractivity contribution < 1.29 is 9.53 Å². The second kappa shape index (κ2) is 4.03. The highest BCUT2D eigenvalue weighted by atomic mass is 16.5. The molecule has 1 saturated carbocycles. The predicted molar refractivity (Wildman–Crippen MR) is 53.7 cm³/mol. The van der Waals surface area contributed by atoms with Gasteiger partial charge in [0.1, 0.15) is 0 Å². The Morgan fingerprint density at radius 3 is 3.07 bits per heavy atom. The van der Waals surface area contributed by atoms with Crippen LogP contribution in [-0.2, 0) is 4.74 Å². The molecule has 0 radical (unpaired) electrons. The number of alkyl carbamates (subject to hydrolysis) is 1. The topological polar surface area (TPSA) is 38.3 Å². The number of allylic oxidation sites excluding steroid dienone is 2. The van der Waals surface area contributed by atoms with Crippen molar-refractivity contribution >= 4 is 6.09 Å². The number of rotatable bonds is 2. The summed E-state index contributed by atoms with van der Waals surface area (Å²) in [7, 11) is 0. The van der Waals surface area contributed by atoms with Crippen LogP contribution in [0.3, 0.4) is 0 Å². The van der Waals surface area contributed by atoms with Gasteiger partial charge in [0.05, 0.1) is 6.61 Å². The lowest BCUT2D eigenvalue weighted by atomic mass is 9.69. The molecule has 2 atom stereocenters. The molecular weight excluding hydrogens is 178 g/mol. The monoisotopic (exact) mass is 195 g/mol. The maximum Gasteiger partial charge on any atom is 0.411 e. The fourth-order valence-corrected chi connectivity index (χ4v) is 2.40. The summed E-state index contributed by atoms with van der Waals surface area (Å²) >= 11 is 0. The number of fused-ring (bicyclic) bond motifs is 1. The molecule has 0 aromatic carbocycles. The first kappa shape index (κ1) is 9.56. The molecule has 1 N–H and O–H groups in total. The van der Waals surface area contributed by atoms with E-state index >= 15 is 0 Å². The van der Waals surface area contributed by atoms with Crippen LogP contribution < -0.4 is 5.32 Å². The number of carbonyl (C=O) groups is 1. The first-order valence-electron chi connectivity index (χ1n) is 5.46. The molecule has 14 heavy (non-hydrogen) atoms. The van der Waals surface area contributed by atoms with E-state index in [9.17, 15) is 4.79 Å². The number of hydrogen-bond donors (Lipinski definition) is 1. The minimum atomic E-state index is -0.303. The van der Waals surface area contributed by atoms with Crippen molar-refractivity contribution in [3.05, 3.63) is 11.8 Å². The average Bonchev–Trinajstić information content (AvgIpc) is 2.15. The maximum absolute atomic E-state index is 11.1. The van der Waals surface area contributed by atoms with Crippen molar-refractivity contribution in [1.82, 2.24) is 5.32 Å². The van der Waals surface area contributed by atoms with Crippen LogP contribution in [0.15, 0.2) is 11.8 Å². The Bertz CT molecular complexity index is 260.